The van der Waals surface area contributed by atoms with Crippen LogP contribution in [0, 0.1) is 0 Å². The molecule has 0 fully saturated rings. The number of hydrogen-bond donors (Lipinski definition) is 2. The molecule has 7 nitrogen and oxygen atoms in total. The first-order valence-electron chi connectivity index (χ1n) is 6.66. The van der Waals surface area contributed by atoms with Gasteiger partial charge in [0.25, 0.3) is 0 Å². The van der Waals surface area contributed by atoms with Crippen molar-refractivity contribution in [3.05, 3.63) is 71.1 Å². The number of H-pyrrole nitrogens is 1. The highest BCUT2D eigenvalue weighted by Gasteiger charge is 2.18. The molecule has 0 bridgehead atoms. The topological polar surface area (TPSA) is 105 Å². The van der Waals surface area contributed by atoms with Gasteiger partial charge >= 0.3 is 11.9 Å². The first kappa shape index (κ1) is 14.5. The number of carboxylic acids is 1. The van der Waals surface area contributed by atoms with Crippen LogP contribution in [-0.4, -0.2) is 33.2 Å². The summed E-state index contributed by atoms with van der Waals surface area (Å²) < 4.78 is 5.25. The van der Waals surface area contributed by atoms with Gasteiger partial charge in [0, 0.05) is 24.2 Å². The van der Waals surface area contributed by atoms with Gasteiger partial charge in [-0.15, -0.1) is 0 Å². The maximum Gasteiger partial charge on any atom is 0.362 e. The SMILES string of the molecule is O=C(O)c1cccc(C(=O)OC2=CC=NC2=Cc2ccc[nH]2)n1. The van der Waals surface area contributed by atoms with Crippen LogP contribution in [0.3, 0.4) is 0 Å². The zero-order valence-electron chi connectivity index (χ0n) is 11.8. The highest BCUT2D eigenvalue weighted by atomic mass is 16.5. The van der Waals surface area contributed by atoms with E-state index >= 15 is 0 Å². The van der Waals surface area contributed by atoms with E-state index in [1.165, 1.54) is 24.4 Å². The fraction of sp³-hybridized carbons (Fsp3) is 0. The average molecular weight is 309 g/mol. The fourth-order valence-corrected chi connectivity index (χ4v) is 1.93. The number of nitrogens with one attached hydrogen (secondary N) is 1. The molecule has 2 aromatic rings. The third-order valence-electron chi connectivity index (χ3n) is 2.99. The molecule has 0 amide bonds. The molecular weight excluding hydrogens is 298 g/mol. The Labute approximate surface area is 130 Å². The summed E-state index contributed by atoms with van der Waals surface area (Å²) >= 11 is 0. The predicted molar refractivity (Wildman–Crippen MR) is 82.0 cm³/mol. The Hall–Kier alpha value is -3.48. The number of carbonyl (C=O) groups excluding carboxylic acids is 1. The number of hydrogen-bond acceptors (Lipinski definition) is 5. The Kier molecular flexibility index (Phi) is 3.84. The minimum Gasteiger partial charge on any atom is -0.477 e. The minimum absolute atomic E-state index is 0.0862. The molecular formula is C16H11N3O4. The van der Waals surface area contributed by atoms with Crippen LogP contribution in [0.15, 0.2) is 59.1 Å². The van der Waals surface area contributed by atoms with E-state index in [1.807, 2.05) is 12.1 Å². The van der Waals surface area contributed by atoms with E-state index in [-0.39, 0.29) is 17.1 Å². The van der Waals surface area contributed by atoms with Crippen molar-refractivity contribution >= 4 is 24.2 Å². The van der Waals surface area contributed by atoms with E-state index in [0.29, 0.717) is 5.70 Å². The zero-order valence-corrected chi connectivity index (χ0v) is 11.8. The van der Waals surface area contributed by atoms with Gasteiger partial charge in [0.1, 0.15) is 17.1 Å². The average Bonchev–Trinajstić information content (AvgIpc) is 3.20. The number of carbonyl (C=O) groups is 2. The smallest absolute Gasteiger partial charge is 0.362 e. The maximum absolute atomic E-state index is 12.1. The second-order valence-corrected chi connectivity index (χ2v) is 4.57. The van der Waals surface area contributed by atoms with Crippen molar-refractivity contribution in [1.82, 2.24) is 9.97 Å². The fourth-order valence-electron chi connectivity index (χ4n) is 1.93. The molecule has 0 saturated carbocycles. The number of esters is 1. The molecule has 0 radical (unpaired) electrons. The Balaban J connectivity index is 1.78. The zero-order chi connectivity index (χ0) is 16.2. The molecule has 3 rings (SSSR count). The minimum atomic E-state index is -1.21. The number of pyridine rings is 1. The normalized spacial score (nSPS) is 14.8. The van der Waals surface area contributed by atoms with Crippen LogP contribution in [0.25, 0.3) is 6.08 Å². The van der Waals surface area contributed by atoms with Crippen molar-refractivity contribution in [3.63, 3.8) is 0 Å². The number of aromatic nitrogens is 2. The monoisotopic (exact) mass is 309 g/mol. The van der Waals surface area contributed by atoms with E-state index in [2.05, 4.69) is 15.0 Å². The number of aromatic carboxylic acids is 1. The van der Waals surface area contributed by atoms with Gasteiger partial charge < -0.3 is 14.8 Å². The molecule has 0 aromatic carbocycles. The lowest BCUT2D eigenvalue weighted by Gasteiger charge is -2.06. The maximum atomic E-state index is 12.1. The first-order valence-corrected chi connectivity index (χ1v) is 6.66. The molecule has 23 heavy (non-hydrogen) atoms. The van der Waals surface area contributed by atoms with Gasteiger partial charge in [0.2, 0.25) is 0 Å². The predicted octanol–water partition coefficient (Wildman–Crippen LogP) is 2.27. The number of carboxylic acid groups (broad SMARTS) is 1. The summed E-state index contributed by atoms with van der Waals surface area (Å²) in [5.41, 5.74) is 0.984. The van der Waals surface area contributed by atoms with Crippen LogP contribution >= 0.6 is 0 Å². The summed E-state index contributed by atoms with van der Waals surface area (Å²) in [7, 11) is 0. The van der Waals surface area contributed by atoms with Gasteiger partial charge in [-0.25, -0.2) is 14.6 Å². The number of aliphatic imine (C=N–C) groups is 1. The molecule has 0 spiro atoms. The van der Waals surface area contributed by atoms with Crippen LogP contribution in [0.2, 0.25) is 0 Å². The molecule has 0 atom stereocenters. The van der Waals surface area contributed by atoms with Gasteiger partial charge in [-0.2, -0.15) is 0 Å². The van der Waals surface area contributed by atoms with Crippen molar-refractivity contribution in [1.29, 1.82) is 0 Å². The van der Waals surface area contributed by atoms with E-state index in [1.54, 1.807) is 18.3 Å². The summed E-state index contributed by atoms with van der Waals surface area (Å²) in [6, 6.07) is 7.80. The Morgan fingerprint density at radius 2 is 2.00 bits per heavy atom. The second kappa shape index (κ2) is 6.10. The van der Waals surface area contributed by atoms with Crippen molar-refractivity contribution in [3.8, 4) is 0 Å². The van der Waals surface area contributed by atoms with Crippen molar-refractivity contribution in [2.75, 3.05) is 0 Å². The standard InChI is InChI=1S/C16H11N3O4/c20-15(21)11-4-1-5-12(19-11)16(22)23-14-6-8-18-13(14)9-10-3-2-7-17-10/h1-9,17H,(H,20,21). The van der Waals surface area contributed by atoms with E-state index in [0.717, 1.165) is 5.69 Å². The Morgan fingerprint density at radius 1 is 1.17 bits per heavy atom. The molecule has 1 aliphatic rings. The number of allylic oxidation sites excluding steroid dienone is 1. The van der Waals surface area contributed by atoms with E-state index < -0.39 is 11.9 Å². The molecule has 0 aliphatic carbocycles. The van der Waals surface area contributed by atoms with Gasteiger partial charge in [0.05, 0.1) is 0 Å². The number of rotatable bonds is 4. The third-order valence-corrected chi connectivity index (χ3v) is 2.99. The van der Waals surface area contributed by atoms with Crippen molar-refractivity contribution in [2.45, 2.75) is 0 Å². The summed E-state index contributed by atoms with van der Waals surface area (Å²) in [5, 5.41) is 8.90. The van der Waals surface area contributed by atoms with Crippen LogP contribution in [-0.2, 0) is 4.74 Å². The summed E-state index contributed by atoms with van der Waals surface area (Å²) in [6.45, 7) is 0. The molecule has 3 heterocycles. The lowest BCUT2D eigenvalue weighted by Crippen LogP contribution is -2.10. The highest BCUT2D eigenvalue weighted by Crippen LogP contribution is 2.21. The number of aromatic amines is 1. The lowest BCUT2D eigenvalue weighted by molar-refractivity contribution is 0.0626. The van der Waals surface area contributed by atoms with Gasteiger partial charge in [-0.1, -0.05) is 6.07 Å². The number of ether oxygens (including phenoxy) is 1. The first-order chi connectivity index (χ1) is 11.1. The summed E-state index contributed by atoms with van der Waals surface area (Å²) in [5.74, 6) is -1.69. The number of nitrogens with zero attached hydrogens (tertiary/aromatic N) is 2. The molecule has 1 aliphatic heterocycles. The van der Waals surface area contributed by atoms with Gasteiger partial charge in [-0.3, -0.25) is 4.99 Å². The van der Waals surface area contributed by atoms with Crippen LogP contribution in [0.1, 0.15) is 26.7 Å². The molecule has 0 unspecified atom stereocenters. The molecule has 0 saturated heterocycles. The Morgan fingerprint density at radius 3 is 2.74 bits per heavy atom. The third kappa shape index (κ3) is 3.24. The molecule has 114 valence electrons. The highest BCUT2D eigenvalue weighted by molar-refractivity contribution is 5.92. The molecule has 2 aromatic heterocycles. The summed E-state index contributed by atoms with van der Waals surface area (Å²) in [4.78, 5) is 33.9. The van der Waals surface area contributed by atoms with Crippen LogP contribution in [0.4, 0.5) is 0 Å². The van der Waals surface area contributed by atoms with Crippen LogP contribution in [0.5, 0.6) is 0 Å². The summed E-state index contributed by atoms with van der Waals surface area (Å²) in [6.07, 6.45) is 6.55. The molecule has 2 N–H and O–H groups in total. The van der Waals surface area contributed by atoms with Crippen molar-refractivity contribution < 1.29 is 19.4 Å². The van der Waals surface area contributed by atoms with Gasteiger partial charge in [0.15, 0.2) is 5.76 Å². The molecule has 7 heteroatoms. The van der Waals surface area contributed by atoms with Crippen molar-refractivity contribution in [2.24, 2.45) is 4.99 Å². The van der Waals surface area contributed by atoms with Crippen LogP contribution < -0.4 is 0 Å². The lowest BCUT2D eigenvalue weighted by atomic mass is 10.3. The second-order valence-electron chi connectivity index (χ2n) is 4.57. The largest absolute Gasteiger partial charge is 0.477 e. The van der Waals surface area contributed by atoms with E-state index in [9.17, 15) is 9.59 Å². The quantitative estimate of drug-likeness (QED) is 0.843. The Bertz CT molecular complexity index is 848. The van der Waals surface area contributed by atoms with Gasteiger partial charge in [-0.05, 0) is 30.3 Å². The van der Waals surface area contributed by atoms with E-state index in [4.69, 9.17) is 9.84 Å².